The van der Waals surface area contributed by atoms with Gasteiger partial charge in [-0.2, -0.15) is 8.78 Å². The average molecular weight is 399 g/mol. The van der Waals surface area contributed by atoms with Gasteiger partial charge in [-0.3, -0.25) is 9.38 Å². The van der Waals surface area contributed by atoms with E-state index in [-0.39, 0.29) is 11.5 Å². The molecule has 0 N–H and O–H groups in total. The Morgan fingerprint density at radius 1 is 1.04 bits per heavy atom. The van der Waals surface area contributed by atoms with Crippen molar-refractivity contribution in [1.29, 1.82) is 0 Å². The summed E-state index contributed by atoms with van der Waals surface area (Å²) in [5, 5.41) is 7.18. The first kappa shape index (κ1) is 19.9. The van der Waals surface area contributed by atoms with Crippen LogP contribution in [0.3, 0.4) is 0 Å². The summed E-state index contributed by atoms with van der Waals surface area (Å²) in [7, 11) is 0. The van der Waals surface area contributed by atoms with Gasteiger partial charge in [-0.1, -0.05) is 0 Å². The van der Waals surface area contributed by atoms with Crippen LogP contribution in [0.1, 0.15) is 26.6 Å². The fourth-order valence-electron chi connectivity index (χ4n) is 2.34. The molecule has 0 saturated carbocycles. The molecule has 3 aromatic rings. The third-order valence-corrected chi connectivity index (χ3v) is 3.63. The normalized spacial score (nSPS) is 13.5. The summed E-state index contributed by atoms with van der Waals surface area (Å²) in [5.41, 5.74) is 0.881. The number of hydrogen-bond donors (Lipinski definition) is 0. The Morgan fingerprint density at radius 3 is 2.39 bits per heavy atom. The van der Waals surface area contributed by atoms with E-state index in [4.69, 9.17) is 4.74 Å². The molecule has 0 bridgehead atoms. The summed E-state index contributed by atoms with van der Waals surface area (Å²) < 4.78 is 64.4. The molecular formula is C17H17F4N5O2. The lowest BCUT2D eigenvalue weighted by molar-refractivity contribution is -0.272. The lowest BCUT2D eigenvalue weighted by Crippen LogP contribution is -2.25. The minimum absolute atomic E-state index is 0.0134. The molecule has 7 nitrogen and oxygen atoms in total. The van der Waals surface area contributed by atoms with Crippen LogP contribution < -0.4 is 4.74 Å². The van der Waals surface area contributed by atoms with Crippen molar-refractivity contribution in [3.63, 3.8) is 0 Å². The van der Waals surface area contributed by atoms with Crippen molar-refractivity contribution in [1.82, 2.24) is 24.6 Å². The zero-order valence-electron chi connectivity index (χ0n) is 15.2. The summed E-state index contributed by atoms with van der Waals surface area (Å²) in [6.45, 7) is 4.19. The van der Waals surface area contributed by atoms with Crippen molar-refractivity contribution in [2.24, 2.45) is 0 Å². The van der Waals surface area contributed by atoms with Gasteiger partial charge in [0.25, 0.3) is 6.43 Å². The standard InChI is InChI=1S/C17H17F4N5O2/c1-9(2)28-17(20,21)16-25-24-13-7-22-12(8-26(13)16)11-4-5-14(23-6-11)27-10(3)15(18)19/h4-10,15H,1-3H3. The first-order valence-corrected chi connectivity index (χ1v) is 8.35. The molecule has 1 atom stereocenters. The quantitative estimate of drug-likeness (QED) is 0.564. The number of hydrogen-bond acceptors (Lipinski definition) is 6. The molecule has 0 aliphatic heterocycles. The molecule has 0 aromatic carbocycles. The number of ether oxygens (including phenoxy) is 2. The van der Waals surface area contributed by atoms with Crippen LogP contribution in [0.25, 0.3) is 16.9 Å². The molecule has 0 fully saturated rings. The largest absolute Gasteiger partial charge is 0.469 e. The van der Waals surface area contributed by atoms with E-state index < -0.39 is 30.6 Å². The number of halogens is 4. The molecule has 11 heteroatoms. The highest BCUT2D eigenvalue weighted by atomic mass is 19.3. The zero-order chi connectivity index (χ0) is 20.5. The summed E-state index contributed by atoms with van der Waals surface area (Å²) in [6.07, 6.45) is -4.39. The van der Waals surface area contributed by atoms with Crippen LogP contribution >= 0.6 is 0 Å². The van der Waals surface area contributed by atoms with E-state index in [0.717, 1.165) is 4.40 Å². The Balaban J connectivity index is 1.91. The van der Waals surface area contributed by atoms with Crippen molar-refractivity contribution < 1.29 is 27.0 Å². The molecule has 3 heterocycles. The Bertz CT molecular complexity index is 946. The molecular weight excluding hydrogens is 382 g/mol. The van der Waals surface area contributed by atoms with E-state index in [0.29, 0.717) is 11.3 Å². The number of pyridine rings is 1. The lowest BCUT2D eigenvalue weighted by Gasteiger charge is -2.17. The highest BCUT2D eigenvalue weighted by Gasteiger charge is 2.39. The molecule has 150 valence electrons. The first-order chi connectivity index (χ1) is 13.2. The van der Waals surface area contributed by atoms with Crippen LogP contribution in [0.4, 0.5) is 17.6 Å². The minimum Gasteiger partial charge on any atom is -0.469 e. The van der Waals surface area contributed by atoms with Crippen molar-refractivity contribution in [2.45, 2.75) is 45.5 Å². The van der Waals surface area contributed by atoms with E-state index in [1.807, 2.05) is 0 Å². The molecule has 0 aliphatic rings. The van der Waals surface area contributed by atoms with Gasteiger partial charge in [0.15, 0.2) is 11.8 Å². The second-order valence-electron chi connectivity index (χ2n) is 6.25. The summed E-state index contributed by atoms with van der Waals surface area (Å²) >= 11 is 0. The van der Waals surface area contributed by atoms with Crippen molar-refractivity contribution >= 4 is 5.65 Å². The predicted molar refractivity (Wildman–Crippen MR) is 90.2 cm³/mol. The van der Waals surface area contributed by atoms with Gasteiger partial charge in [0.05, 0.1) is 18.0 Å². The van der Waals surface area contributed by atoms with E-state index in [1.165, 1.54) is 51.5 Å². The van der Waals surface area contributed by atoms with Gasteiger partial charge in [-0.05, 0) is 26.8 Å². The maximum atomic E-state index is 14.3. The SMILES string of the molecule is CC(C)OC(F)(F)c1nnc2cnc(-c3ccc(OC(C)C(F)F)nc3)cn12. The van der Waals surface area contributed by atoms with Crippen molar-refractivity contribution in [2.75, 3.05) is 0 Å². The van der Waals surface area contributed by atoms with Gasteiger partial charge in [0, 0.05) is 24.0 Å². The Morgan fingerprint density at radius 2 is 1.79 bits per heavy atom. The summed E-state index contributed by atoms with van der Waals surface area (Å²) in [4.78, 5) is 8.09. The second kappa shape index (κ2) is 7.66. The van der Waals surface area contributed by atoms with E-state index in [9.17, 15) is 17.6 Å². The molecule has 3 aromatic heterocycles. The van der Waals surface area contributed by atoms with Crippen LogP contribution in [0, 0.1) is 0 Å². The Hall–Kier alpha value is -2.82. The molecule has 0 aliphatic carbocycles. The minimum atomic E-state index is -3.65. The summed E-state index contributed by atoms with van der Waals surface area (Å²) in [6, 6.07) is 2.92. The fraction of sp³-hybridized carbons (Fsp3) is 0.412. The van der Waals surface area contributed by atoms with Crippen molar-refractivity contribution in [3.05, 3.63) is 36.5 Å². The maximum absolute atomic E-state index is 14.3. The smallest absolute Gasteiger partial charge is 0.418 e. The fourth-order valence-corrected chi connectivity index (χ4v) is 2.34. The maximum Gasteiger partial charge on any atom is 0.418 e. The molecule has 0 spiro atoms. The van der Waals surface area contributed by atoms with E-state index in [2.05, 4.69) is 24.9 Å². The predicted octanol–water partition coefficient (Wildman–Crippen LogP) is 3.69. The first-order valence-electron chi connectivity index (χ1n) is 8.35. The van der Waals surface area contributed by atoms with Crippen LogP contribution in [-0.4, -0.2) is 43.2 Å². The number of fused-ring (bicyclic) bond motifs is 1. The highest BCUT2D eigenvalue weighted by molar-refractivity contribution is 5.59. The molecule has 1 unspecified atom stereocenters. The Kier molecular flexibility index (Phi) is 5.45. The monoisotopic (exact) mass is 399 g/mol. The van der Waals surface area contributed by atoms with Gasteiger partial charge >= 0.3 is 6.11 Å². The van der Waals surface area contributed by atoms with Crippen LogP contribution in [-0.2, 0) is 10.8 Å². The van der Waals surface area contributed by atoms with Gasteiger partial charge in [-0.25, -0.2) is 13.8 Å². The van der Waals surface area contributed by atoms with Crippen LogP contribution in [0.15, 0.2) is 30.7 Å². The highest BCUT2D eigenvalue weighted by Crippen LogP contribution is 2.30. The van der Waals surface area contributed by atoms with E-state index in [1.54, 1.807) is 0 Å². The number of rotatable bonds is 7. The third-order valence-electron chi connectivity index (χ3n) is 3.63. The van der Waals surface area contributed by atoms with E-state index >= 15 is 0 Å². The van der Waals surface area contributed by atoms with Gasteiger partial charge < -0.3 is 9.47 Å². The molecule has 3 rings (SSSR count). The van der Waals surface area contributed by atoms with Gasteiger partial charge in [0.2, 0.25) is 11.7 Å². The van der Waals surface area contributed by atoms with Crippen LogP contribution in [0.2, 0.25) is 0 Å². The number of aromatic nitrogens is 5. The second-order valence-corrected chi connectivity index (χ2v) is 6.25. The molecule has 0 saturated heterocycles. The topological polar surface area (TPSA) is 74.4 Å². The average Bonchev–Trinajstić information content (AvgIpc) is 3.05. The molecule has 0 radical (unpaired) electrons. The number of alkyl halides is 4. The molecule has 28 heavy (non-hydrogen) atoms. The summed E-state index contributed by atoms with van der Waals surface area (Å²) in [5.74, 6) is -0.669. The van der Waals surface area contributed by atoms with Gasteiger partial charge in [-0.15, -0.1) is 10.2 Å². The zero-order valence-corrected chi connectivity index (χ0v) is 15.2. The third kappa shape index (κ3) is 4.19. The Labute approximate surface area is 157 Å². The number of nitrogens with zero attached hydrogens (tertiary/aromatic N) is 5. The van der Waals surface area contributed by atoms with Crippen LogP contribution in [0.5, 0.6) is 5.88 Å². The lowest BCUT2D eigenvalue weighted by atomic mass is 10.2. The van der Waals surface area contributed by atoms with Gasteiger partial charge in [0.1, 0.15) is 0 Å². The van der Waals surface area contributed by atoms with Crippen molar-refractivity contribution in [3.8, 4) is 17.1 Å². The molecule has 0 amide bonds.